The second kappa shape index (κ2) is 30.8. The quantitative estimate of drug-likeness (QED) is 0.0514. The molecule has 7 aromatic rings. The Kier molecular flexibility index (Phi) is 26.2. The fourth-order valence-corrected chi connectivity index (χ4v) is 23.8. The number of alkyl halides is 24. The minimum absolute atomic E-state index is 0. The van der Waals surface area contributed by atoms with Gasteiger partial charge in [-0.2, -0.15) is 127 Å². The normalized spacial score (nSPS) is 13.4. The first-order valence-electron chi connectivity index (χ1n) is 30.4. The molecule has 0 atom stereocenters. The van der Waals surface area contributed by atoms with Crippen LogP contribution in [-0.2, 0) is 66.5 Å². The molecule has 0 unspecified atom stereocenters. The molecule has 7 rings (SSSR count). The van der Waals surface area contributed by atoms with Gasteiger partial charge < -0.3 is 0 Å². The van der Waals surface area contributed by atoms with Crippen molar-refractivity contribution in [3.05, 3.63) is 190 Å². The zero-order valence-corrected chi connectivity index (χ0v) is 58.3. The van der Waals surface area contributed by atoms with Gasteiger partial charge in [0.15, 0.2) is 0 Å². The van der Waals surface area contributed by atoms with Crippen LogP contribution in [0.3, 0.4) is 0 Å². The van der Waals surface area contributed by atoms with E-state index < -0.39 is 218 Å². The number of hydrogen-bond donors (Lipinski definition) is 0. The molecule has 0 amide bonds. The molecule has 0 saturated carbocycles. The summed E-state index contributed by atoms with van der Waals surface area (Å²) in [5.41, 5.74) is -21.4. The molecule has 0 fully saturated rings. The van der Waals surface area contributed by atoms with E-state index in [1.807, 2.05) is 0 Å². The Bertz CT molecular complexity index is 3250. The van der Waals surface area contributed by atoms with Crippen molar-refractivity contribution in [1.29, 1.82) is 0 Å². The molecule has 0 nitrogen and oxygen atoms in total. The summed E-state index contributed by atoms with van der Waals surface area (Å²) >= 11 is 0. The molecule has 0 radical (unpaired) electrons. The van der Waals surface area contributed by atoms with Crippen LogP contribution in [0.25, 0.3) is 0 Å². The van der Waals surface area contributed by atoms with Gasteiger partial charge in [-0.3, -0.25) is 0 Å². The second-order valence-corrected chi connectivity index (χ2v) is 37.0. The molecule has 0 bridgehead atoms. The second-order valence-electron chi connectivity index (χ2n) is 25.7. The van der Waals surface area contributed by atoms with Crippen LogP contribution < -0.4 is 54.2 Å². The Morgan fingerprint density at radius 2 is 0.388 bits per heavy atom. The summed E-state index contributed by atoms with van der Waals surface area (Å²) in [7, 11) is -2.27. The van der Waals surface area contributed by atoms with Gasteiger partial charge in [0.1, 0.15) is 6.15 Å². The molecular weight excluding hydrogens is 1450 g/mol. The average molecular weight is 1520 g/mol. The van der Waals surface area contributed by atoms with E-state index in [1.54, 1.807) is 32.3 Å². The van der Waals surface area contributed by atoms with E-state index in [0.29, 0.717) is 34.0 Å². The van der Waals surface area contributed by atoms with Crippen molar-refractivity contribution in [2.24, 2.45) is 0 Å². The van der Waals surface area contributed by atoms with Gasteiger partial charge in [0.2, 0.25) is 0 Å². The molecule has 0 saturated heterocycles. The van der Waals surface area contributed by atoms with Crippen LogP contribution in [-0.4, -0.2) is 46.8 Å². The molecule has 0 aromatic heterocycles. The largest absolute Gasteiger partial charge is 1.00 e. The van der Waals surface area contributed by atoms with E-state index >= 15 is 0 Å². The minimum Gasteiger partial charge on any atom is -0.194 e. The Labute approximate surface area is 567 Å². The van der Waals surface area contributed by atoms with Crippen molar-refractivity contribution < 1.29 is 122 Å². The summed E-state index contributed by atoms with van der Waals surface area (Å²) < 4.78 is 341. The van der Waals surface area contributed by atoms with Crippen molar-refractivity contribution in [1.82, 2.24) is 0 Å². The van der Waals surface area contributed by atoms with Crippen LogP contribution in [0, 0.1) is 0 Å². The summed E-state index contributed by atoms with van der Waals surface area (Å²) in [5.74, 6) is 0. The average Bonchev–Trinajstić information content (AvgIpc) is 0.709. The van der Waals surface area contributed by atoms with Crippen molar-refractivity contribution in [2.75, 3.05) is 0 Å². The smallest absolute Gasteiger partial charge is 0.194 e. The maximum atomic E-state index is 14.2. The molecule has 0 aliphatic carbocycles. The van der Waals surface area contributed by atoms with E-state index in [2.05, 4.69) is 156 Å². The van der Waals surface area contributed by atoms with Crippen molar-refractivity contribution in [2.45, 2.75) is 166 Å². The van der Waals surface area contributed by atoms with Gasteiger partial charge in [-0.1, -0.05) is 103 Å². The first-order valence-corrected chi connectivity index (χ1v) is 35.3. The number of benzene rings is 7. The Morgan fingerprint density at radius 1 is 0.245 bits per heavy atom. The number of rotatable bonds is 16. The Morgan fingerprint density at radius 3 is 0.520 bits per heavy atom. The predicted octanol–water partition coefficient (Wildman–Crippen LogP) is 18.4. The van der Waals surface area contributed by atoms with Crippen molar-refractivity contribution in [3.8, 4) is 0 Å². The first-order chi connectivity index (χ1) is 44.1. The monoisotopic (exact) mass is 1520 g/mol. The molecule has 7 aromatic carbocycles. The summed E-state index contributed by atoms with van der Waals surface area (Å²) in [4.78, 5) is 0. The SMILES string of the molecule is CC(C)[PH+](c1ccccc1B(c1ccccc1[PH+](C(C)C)C(C)C)c1ccccc1[PH+](C(C)C)C(C)C)C(C)C.FC(F)(F)c1cc([B-](c2cc(C(F)(F)F)cc(C(F)(F)F)c2)(c2cc(C(F)(F)F)cc(C(F)(F)F)c2)c2cc(C(F)(F)F)cc(C(F)(F)F)c2)cc(C(F)(F)F)c1.[Cu+]. The molecule has 0 aliphatic heterocycles. The van der Waals surface area contributed by atoms with Gasteiger partial charge in [0.25, 0.3) is 6.71 Å². The topological polar surface area (TPSA) is 0 Å². The van der Waals surface area contributed by atoms with Crippen molar-refractivity contribution in [3.63, 3.8) is 0 Å². The van der Waals surface area contributed by atoms with Crippen LogP contribution in [0.1, 0.15) is 128 Å². The van der Waals surface area contributed by atoms with Crippen LogP contribution in [0.5, 0.6) is 0 Å². The van der Waals surface area contributed by atoms with Gasteiger partial charge in [-0.05, 0) is 142 Å². The van der Waals surface area contributed by atoms with E-state index in [4.69, 9.17) is 0 Å². The minimum atomic E-state index is -6.13. The van der Waals surface area contributed by atoms with Crippen LogP contribution in [0.15, 0.2) is 146 Å². The summed E-state index contributed by atoms with van der Waals surface area (Å²) in [6.45, 7) is 29.8. The molecular formula is C68H69B2CuF24P3+3. The van der Waals surface area contributed by atoms with Gasteiger partial charge in [0, 0.05) is 23.8 Å². The molecule has 0 aliphatic rings. The van der Waals surface area contributed by atoms with E-state index in [-0.39, 0.29) is 23.8 Å². The van der Waals surface area contributed by atoms with Crippen molar-refractivity contribution >= 4 is 90.8 Å². The molecule has 0 N–H and O–H groups in total. The third-order valence-electron chi connectivity index (χ3n) is 16.9. The Hall–Kier alpha value is -5.20. The fourth-order valence-electron chi connectivity index (χ4n) is 13.5. The Balaban J connectivity index is 0.000000372. The zero-order chi connectivity index (χ0) is 73.6. The molecule has 98 heavy (non-hydrogen) atoms. The van der Waals surface area contributed by atoms with Crippen LogP contribution in [0.2, 0.25) is 0 Å². The standard InChI is InChI=1S/C36H54BP3.C32H12BF24.Cu/c1-25(2)38(26(3)4)34-22-16-13-19-31(34)37(32-20-14-17-23-35(32)39(27(5)6)28(7)8)33-21-15-18-24-36(33)40(29(9)10)30(11)12;34-25(35,36)13-1-14(26(37,38)39)6-21(5-13)33(22-7-15(27(40,41)42)2-16(8-22)28(43,44)45,23-9-17(29(46,47)48)3-18(10-23)30(49,50)51)24-11-19(31(52,53)54)4-20(12-24)32(55,56)57;/h13-30H,1-12H3;1-12H;/q;-1;+1/p+3. The summed E-state index contributed by atoms with van der Waals surface area (Å²) in [6.07, 6.45) is -54.8. The number of halogens is 24. The predicted molar refractivity (Wildman–Crippen MR) is 349 cm³/mol. The zero-order valence-electron chi connectivity index (χ0n) is 54.3. The van der Waals surface area contributed by atoms with E-state index in [1.165, 1.54) is 0 Å². The van der Waals surface area contributed by atoms with Crippen LogP contribution >= 0.6 is 23.8 Å². The first kappa shape index (κ1) is 83.5. The third kappa shape index (κ3) is 19.1. The van der Waals surface area contributed by atoms with E-state index in [9.17, 15) is 105 Å². The van der Waals surface area contributed by atoms with Gasteiger partial charge >= 0.3 is 66.5 Å². The molecule has 0 heterocycles. The molecule has 30 heteroatoms. The molecule has 538 valence electrons. The van der Waals surface area contributed by atoms with E-state index in [0.717, 1.165) is 0 Å². The van der Waals surface area contributed by atoms with Gasteiger partial charge in [-0.25, -0.2) is 0 Å². The molecule has 0 spiro atoms. The fraction of sp³-hybridized carbons (Fsp3) is 0.382. The maximum absolute atomic E-state index is 14.2. The number of hydrogen-bond acceptors (Lipinski definition) is 0. The van der Waals surface area contributed by atoms with Crippen LogP contribution in [0.4, 0.5) is 105 Å². The van der Waals surface area contributed by atoms with Gasteiger partial charge in [0.05, 0.1) is 94.4 Å². The summed E-state index contributed by atoms with van der Waals surface area (Å²) in [5, 5.41) is 4.95. The summed E-state index contributed by atoms with van der Waals surface area (Å²) in [6, 6.07) is 20.0. The maximum Gasteiger partial charge on any atom is 1.00 e. The van der Waals surface area contributed by atoms with Gasteiger partial charge in [-0.15, -0.1) is 0 Å². The third-order valence-corrected chi connectivity index (χ3v) is 27.6.